The van der Waals surface area contributed by atoms with E-state index in [9.17, 15) is 17.8 Å². The Labute approximate surface area is 399 Å². The maximum Gasteiger partial charge on any atom is 0.264 e. The SMILES string of the molecule is C#CCCC(=O)CCc1ccc(C2=C(/C=C/C3=[N+](CCCCC)c4ccc5ccccc5c4C3(C)C)CCC/C2=C\C=C2\N(CCCCS(=O)(=O)O)c3ccc4ccccc4c3C2(C)C)cc1. The summed E-state index contributed by atoms with van der Waals surface area (Å²) in [5, 5.41) is 5.00. The molecule has 6 nitrogen and oxygen atoms in total. The van der Waals surface area contributed by atoms with Crippen LogP contribution in [-0.4, -0.2) is 47.9 Å². The number of carbonyl (C=O) groups is 1. The van der Waals surface area contributed by atoms with Crippen molar-refractivity contribution >= 4 is 60.1 Å². The molecule has 1 N–H and O–H groups in total. The van der Waals surface area contributed by atoms with Crippen LogP contribution in [0.2, 0.25) is 0 Å². The molecule has 1 aliphatic carbocycles. The quantitative estimate of drug-likeness (QED) is 0.0410. The van der Waals surface area contributed by atoms with Crippen molar-refractivity contribution in [1.82, 2.24) is 0 Å². The molecule has 7 heteroatoms. The lowest BCUT2D eigenvalue weighted by Gasteiger charge is -2.28. The first-order chi connectivity index (χ1) is 32.2. The average Bonchev–Trinajstić information content (AvgIpc) is 3.67. The molecule has 5 aromatic carbocycles. The lowest BCUT2D eigenvalue weighted by molar-refractivity contribution is -0.438. The van der Waals surface area contributed by atoms with E-state index in [0.717, 1.165) is 43.5 Å². The summed E-state index contributed by atoms with van der Waals surface area (Å²) in [4.78, 5) is 14.9. The highest BCUT2D eigenvalue weighted by Gasteiger charge is 2.45. The van der Waals surface area contributed by atoms with E-state index in [1.807, 2.05) is 0 Å². The summed E-state index contributed by atoms with van der Waals surface area (Å²) in [6, 6.07) is 35.2. The molecule has 346 valence electrons. The number of fused-ring (bicyclic) bond motifs is 6. The number of hydrogen-bond donors (Lipinski definition) is 1. The summed E-state index contributed by atoms with van der Waals surface area (Å²) in [7, 11) is -4.05. The van der Waals surface area contributed by atoms with Crippen LogP contribution >= 0.6 is 0 Å². The Morgan fingerprint density at radius 2 is 1.49 bits per heavy atom. The van der Waals surface area contributed by atoms with Crippen molar-refractivity contribution in [3.8, 4) is 12.3 Å². The maximum absolute atomic E-state index is 12.6. The van der Waals surface area contributed by atoms with Gasteiger partial charge in [-0.25, -0.2) is 0 Å². The molecule has 0 amide bonds. The number of terminal acetylenes is 1. The molecule has 0 saturated carbocycles. The summed E-state index contributed by atoms with van der Waals surface area (Å²) >= 11 is 0. The van der Waals surface area contributed by atoms with Gasteiger partial charge in [-0.3, -0.25) is 9.35 Å². The smallest absolute Gasteiger partial charge is 0.264 e. The van der Waals surface area contributed by atoms with Crippen molar-refractivity contribution in [3.05, 3.63) is 160 Å². The minimum Gasteiger partial charge on any atom is -0.344 e. The van der Waals surface area contributed by atoms with Crippen molar-refractivity contribution in [2.45, 2.75) is 122 Å². The van der Waals surface area contributed by atoms with Crippen molar-refractivity contribution in [2.75, 3.05) is 23.7 Å². The molecule has 0 aromatic heterocycles. The number of unbranched alkanes of at least 4 members (excludes halogenated alkanes) is 3. The van der Waals surface area contributed by atoms with Gasteiger partial charge in [0.05, 0.1) is 11.2 Å². The third-order valence-electron chi connectivity index (χ3n) is 14.4. The van der Waals surface area contributed by atoms with E-state index in [0.29, 0.717) is 45.1 Å². The number of aryl methyl sites for hydroxylation is 1. The summed E-state index contributed by atoms with van der Waals surface area (Å²) in [5.41, 5.74) is 13.2. The fourth-order valence-corrected chi connectivity index (χ4v) is 11.6. The molecule has 2 aliphatic heterocycles. The fourth-order valence-electron chi connectivity index (χ4n) is 11.1. The summed E-state index contributed by atoms with van der Waals surface area (Å²) < 4.78 is 35.6. The number of allylic oxidation sites excluding steroid dienone is 8. The molecule has 8 rings (SSSR count). The van der Waals surface area contributed by atoms with E-state index >= 15 is 0 Å². The normalized spacial score (nSPS) is 17.9. The van der Waals surface area contributed by atoms with Crippen LogP contribution in [0, 0.1) is 12.3 Å². The van der Waals surface area contributed by atoms with Gasteiger partial charge in [0.1, 0.15) is 12.3 Å². The van der Waals surface area contributed by atoms with Crippen LogP contribution < -0.4 is 4.90 Å². The molecule has 5 aromatic rings. The Morgan fingerprint density at radius 1 is 0.791 bits per heavy atom. The van der Waals surface area contributed by atoms with Gasteiger partial charge in [-0.2, -0.15) is 13.0 Å². The van der Waals surface area contributed by atoms with Crippen LogP contribution in [0.25, 0.3) is 27.1 Å². The third-order valence-corrected chi connectivity index (χ3v) is 15.2. The highest BCUT2D eigenvalue weighted by Crippen LogP contribution is 2.51. The molecule has 0 fully saturated rings. The van der Waals surface area contributed by atoms with Crippen LogP contribution in [0.3, 0.4) is 0 Å². The highest BCUT2D eigenvalue weighted by atomic mass is 32.2. The predicted octanol–water partition coefficient (Wildman–Crippen LogP) is 13.9. The Hall–Kier alpha value is -5.81. The summed E-state index contributed by atoms with van der Waals surface area (Å²) in [5.74, 6) is 2.54. The Morgan fingerprint density at radius 3 is 2.19 bits per heavy atom. The summed E-state index contributed by atoms with van der Waals surface area (Å²) in [6.45, 7) is 13.3. The average molecular weight is 912 g/mol. The number of benzene rings is 5. The first kappa shape index (κ1) is 47.7. The largest absolute Gasteiger partial charge is 0.344 e. The lowest BCUT2D eigenvalue weighted by atomic mass is 9.78. The third kappa shape index (κ3) is 10.1. The van der Waals surface area contributed by atoms with Crippen LogP contribution in [-0.2, 0) is 32.2 Å². The van der Waals surface area contributed by atoms with Gasteiger partial charge >= 0.3 is 0 Å². The zero-order chi connectivity index (χ0) is 47.3. The fraction of sp³-hybridized carbons (Fsp3) is 0.367. The van der Waals surface area contributed by atoms with Crippen LogP contribution in [0.15, 0.2) is 138 Å². The Balaban J connectivity index is 1.24. The van der Waals surface area contributed by atoms with Gasteiger partial charge in [0.15, 0.2) is 5.71 Å². The standard InChI is InChI=1S/C60H66N2O4S/c1-7-9-15-40-61-52-36-31-44-19-11-13-24-50(44)57(52)59(3,4)54(61)38-33-46-21-18-22-47(56(46)48-29-26-43(27-30-48)28-35-49(63)23-10-8-2)34-39-55-60(5,6)58-51-25-14-12-20-45(51)32-37-53(58)62(55)41-16-17-42-67(64,65)66/h2,11-14,19-20,24-27,29-34,36-39H,7,9-10,15-18,21-23,28,35,40-42H2,1,3-6H3/p+1. The maximum atomic E-state index is 12.6. The number of carbonyl (C=O) groups excluding carboxylic acids is 1. The van der Waals surface area contributed by atoms with E-state index in [-0.39, 0.29) is 22.4 Å². The molecule has 0 bridgehead atoms. The zero-order valence-electron chi connectivity index (χ0n) is 40.2. The number of ketones is 1. The molecule has 0 atom stereocenters. The van der Waals surface area contributed by atoms with E-state index < -0.39 is 10.1 Å². The molecular weight excluding hydrogens is 845 g/mol. The van der Waals surface area contributed by atoms with Gasteiger partial charge < -0.3 is 4.90 Å². The van der Waals surface area contributed by atoms with Crippen LogP contribution in [0.4, 0.5) is 11.4 Å². The highest BCUT2D eigenvalue weighted by molar-refractivity contribution is 7.85. The second kappa shape index (κ2) is 20.2. The molecule has 67 heavy (non-hydrogen) atoms. The molecule has 0 saturated heterocycles. The first-order valence-corrected chi connectivity index (χ1v) is 26.1. The summed E-state index contributed by atoms with van der Waals surface area (Å²) in [6.07, 6.45) is 24.4. The Bertz CT molecular complexity index is 3010. The number of nitrogens with zero attached hydrogens (tertiary/aromatic N) is 2. The number of anilines is 1. The van der Waals surface area contributed by atoms with Gasteiger partial charge in [0.2, 0.25) is 5.69 Å². The molecule has 2 heterocycles. The van der Waals surface area contributed by atoms with Crippen molar-refractivity contribution in [3.63, 3.8) is 0 Å². The predicted molar refractivity (Wildman–Crippen MR) is 280 cm³/mol. The van der Waals surface area contributed by atoms with E-state index in [1.54, 1.807) is 0 Å². The zero-order valence-corrected chi connectivity index (χ0v) is 41.0. The van der Waals surface area contributed by atoms with Crippen LogP contribution in [0.5, 0.6) is 0 Å². The van der Waals surface area contributed by atoms with Gasteiger partial charge in [0, 0.05) is 66.7 Å². The van der Waals surface area contributed by atoms with Crippen LogP contribution in [0.1, 0.15) is 128 Å². The van der Waals surface area contributed by atoms with E-state index in [1.165, 1.54) is 84.9 Å². The Kier molecular flexibility index (Phi) is 14.4. The van der Waals surface area contributed by atoms with Gasteiger partial charge in [-0.05, 0) is 132 Å². The number of hydrogen-bond acceptors (Lipinski definition) is 4. The van der Waals surface area contributed by atoms with Crippen molar-refractivity contribution in [1.29, 1.82) is 0 Å². The van der Waals surface area contributed by atoms with E-state index in [2.05, 4.69) is 171 Å². The molecule has 3 aliphatic rings. The van der Waals surface area contributed by atoms with Gasteiger partial charge in [0.25, 0.3) is 10.1 Å². The van der Waals surface area contributed by atoms with Gasteiger partial charge in [-0.1, -0.05) is 118 Å². The molecular formula is C60H67N2O4S+. The lowest BCUT2D eigenvalue weighted by Crippen LogP contribution is -2.28. The minimum absolute atomic E-state index is 0.200. The topological polar surface area (TPSA) is 77.7 Å². The molecule has 0 unspecified atom stereocenters. The number of Topliss-reactive ketones (excluding diaryl/α,β-unsaturated/α-hetero) is 1. The monoisotopic (exact) mass is 911 g/mol. The van der Waals surface area contributed by atoms with Crippen molar-refractivity contribution in [2.24, 2.45) is 0 Å². The van der Waals surface area contributed by atoms with Gasteiger partial charge in [-0.15, -0.1) is 12.3 Å². The van der Waals surface area contributed by atoms with E-state index in [4.69, 9.17) is 6.42 Å². The minimum atomic E-state index is -4.05. The first-order valence-electron chi connectivity index (χ1n) is 24.5. The second-order valence-corrected chi connectivity index (χ2v) is 21.3. The molecule has 0 radical (unpaired) electrons. The number of rotatable bonds is 18. The van der Waals surface area contributed by atoms with Crippen molar-refractivity contribution < 1.29 is 22.3 Å². The molecule has 0 spiro atoms. The second-order valence-electron chi connectivity index (χ2n) is 19.8.